The molecule has 8 rings (SSSR count). The summed E-state index contributed by atoms with van der Waals surface area (Å²) in [5, 5.41) is 14.4. The normalized spacial score (nSPS) is 18.5. The minimum Gasteiger partial charge on any atom is -0.353 e. The minimum atomic E-state index is -0.376. The zero-order valence-corrected chi connectivity index (χ0v) is 22.2. The zero-order chi connectivity index (χ0) is 27.2. The van der Waals surface area contributed by atoms with Crippen molar-refractivity contribution in [3.63, 3.8) is 0 Å². The van der Waals surface area contributed by atoms with E-state index in [1.54, 1.807) is 0 Å². The molecule has 0 aromatic carbocycles. The van der Waals surface area contributed by atoms with Crippen LogP contribution >= 0.6 is 0 Å². The molecular formula is C28H28FN11. The molecule has 8 heterocycles. The Bertz CT molecular complexity index is 1630. The van der Waals surface area contributed by atoms with E-state index in [4.69, 9.17) is 4.98 Å². The van der Waals surface area contributed by atoms with Crippen LogP contribution in [0.1, 0.15) is 23.4 Å². The van der Waals surface area contributed by atoms with Crippen molar-refractivity contribution in [3.05, 3.63) is 84.0 Å². The van der Waals surface area contributed by atoms with Crippen molar-refractivity contribution in [2.75, 3.05) is 23.3 Å². The monoisotopic (exact) mass is 537 g/mol. The van der Waals surface area contributed by atoms with Crippen LogP contribution in [0.15, 0.2) is 61.2 Å². The molecule has 11 nitrogen and oxygen atoms in total. The quantitative estimate of drug-likeness (QED) is 0.320. The molecule has 40 heavy (non-hydrogen) atoms. The van der Waals surface area contributed by atoms with Crippen molar-refractivity contribution in [2.24, 2.45) is 0 Å². The third-order valence-electron chi connectivity index (χ3n) is 7.45. The number of halogens is 1. The summed E-state index contributed by atoms with van der Waals surface area (Å²) in [5.74, 6) is 3.22. The summed E-state index contributed by atoms with van der Waals surface area (Å²) >= 11 is 0. The smallest absolute Gasteiger partial charge is 0.163 e. The number of nitrogens with zero attached hydrogens (tertiary/aromatic N) is 9. The first kappa shape index (κ1) is 24.3. The van der Waals surface area contributed by atoms with E-state index in [0.29, 0.717) is 35.4 Å². The number of piperidine rings is 1. The second-order valence-electron chi connectivity index (χ2n) is 10.4. The molecular weight excluding hydrogens is 509 g/mol. The molecule has 2 bridgehead atoms. The molecule has 12 heteroatoms. The van der Waals surface area contributed by atoms with Gasteiger partial charge in [0, 0.05) is 73.2 Å². The lowest BCUT2D eigenvalue weighted by Gasteiger charge is -2.56. The fraction of sp³-hybridized carbons (Fsp3) is 0.286. The number of hydrogen-bond acceptors (Lipinski definition) is 9. The zero-order valence-electron chi connectivity index (χ0n) is 22.2. The van der Waals surface area contributed by atoms with Crippen LogP contribution in [0.25, 0.3) is 17.2 Å². The van der Waals surface area contributed by atoms with Gasteiger partial charge in [-0.25, -0.2) is 29.0 Å². The summed E-state index contributed by atoms with van der Waals surface area (Å²) < 4.78 is 14.7. The van der Waals surface area contributed by atoms with Crippen LogP contribution in [-0.2, 0) is 6.54 Å². The SMILES string of the molecule is Cc1cc(Nc2cc(C)[nH]n2)nc(-c2ccc(N3CC4CC(C3)N4Cc3ccc(-n4cc(F)cn4)nc3)nc2)n1. The van der Waals surface area contributed by atoms with Crippen LogP contribution in [0.5, 0.6) is 0 Å². The first-order valence-corrected chi connectivity index (χ1v) is 13.2. The molecule has 3 saturated heterocycles. The Hall–Kier alpha value is -4.71. The first-order chi connectivity index (χ1) is 19.5. The number of aryl methyl sites for hydroxylation is 2. The van der Waals surface area contributed by atoms with E-state index in [1.807, 2.05) is 56.6 Å². The predicted molar refractivity (Wildman–Crippen MR) is 148 cm³/mol. The fourth-order valence-corrected chi connectivity index (χ4v) is 5.50. The molecule has 5 aromatic rings. The van der Waals surface area contributed by atoms with E-state index in [0.717, 1.165) is 48.0 Å². The van der Waals surface area contributed by atoms with Crippen molar-refractivity contribution in [1.82, 2.24) is 44.8 Å². The number of rotatable bonds is 7. The maximum Gasteiger partial charge on any atom is 0.163 e. The van der Waals surface area contributed by atoms with Gasteiger partial charge in [-0.3, -0.25) is 10.00 Å². The van der Waals surface area contributed by atoms with Crippen LogP contribution in [-0.4, -0.2) is 70.0 Å². The predicted octanol–water partition coefficient (Wildman–Crippen LogP) is 3.81. The van der Waals surface area contributed by atoms with Gasteiger partial charge in [-0.2, -0.15) is 10.2 Å². The molecule has 5 aromatic heterocycles. The van der Waals surface area contributed by atoms with E-state index in [-0.39, 0.29) is 5.82 Å². The molecule has 0 spiro atoms. The molecule has 0 amide bonds. The average molecular weight is 538 g/mol. The number of hydrogen-bond donors (Lipinski definition) is 2. The number of aromatic amines is 1. The summed E-state index contributed by atoms with van der Waals surface area (Å²) in [6.07, 6.45) is 7.39. The van der Waals surface area contributed by atoms with Gasteiger partial charge in [0.2, 0.25) is 0 Å². The Morgan fingerprint density at radius 1 is 0.950 bits per heavy atom. The van der Waals surface area contributed by atoms with E-state index < -0.39 is 0 Å². The number of fused-ring (bicyclic) bond motifs is 2. The summed E-state index contributed by atoms with van der Waals surface area (Å²) in [5.41, 5.74) is 3.84. The minimum absolute atomic E-state index is 0.376. The molecule has 202 valence electrons. The van der Waals surface area contributed by atoms with E-state index in [1.165, 1.54) is 23.5 Å². The van der Waals surface area contributed by atoms with Gasteiger partial charge in [-0.05, 0) is 44.0 Å². The third-order valence-corrected chi connectivity index (χ3v) is 7.45. The molecule has 3 aliphatic rings. The molecule has 3 fully saturated rings. The Morgan fingerprint density at radius 2 is 1.77 bits per heavy atom. The van der Waals surface area contributed by atoms with Crippen molar-refractivity contribution in [1.29, 1.82) is 0 Å². The van der Waals surface area contributed by atoms with E-state index in [9.17, 15) is 4.39 Å². The first-order valence-electron chi connectivity index (χ1n) is 13.2. The topological polar surface area (TPSA) is 117 Å². The molecule has 0 radical (unpaired) electrons. The van der Waals surface area contributed by atoms with Crippen LogP contribution in [0, 0.1) is 19.7 Å². The van der Waals surface area contributed by atoms with Crippen LogP contribution in [0.4, 0.5) is 21.8 Å². The molecule has 2 unspecified atom stereocenters. The fourth-order valence-electron chi connectivity index (χ4n) is 5.50. The van der Waals surface area contributed by atoms with Gasteiger partial charge in [-0.1, -0.05) is 6.07 Å². The highest BCUT2D eigenvalue weighted by molar-refractivity contribution is 5.61. The number of aromatic nitrogens is 8. The Kier molecular flexibility index (Phi) is 5.96. The lowest BCUT2D eigenvalue weighted by molar-refractivity contribution is -0.00875. The standard InChI is InChI=1S/C28H28FN11/c1-17-7-24(34-25-8-18(2)36-37-25)35-28(33-17)20-4-6-26(31-11-20)38-15-22-9-23(16-38)39(22)13-19-3-5-27(30-10-19)40-14-21(29)12-32-40/h3-8,10-12,14,22-23H,9,13,15-16H2,1-2H3,(H2,33,34,35,36,37). The number of pyridine rings is 2. The van der Waals surface area contributed by atoms with Crippen molar-refractivity contribution >= 4 is 17.5 Å². The largest absolute Gasteiger partial charge is 0.353 e. The Balaban J connectivity index is 0.991. The molecule has 0 saturated carbocycles. The number of H-pyrrole nitrogens is 1. The van der Waals surface area contributed by atoms with Gasteiger partial charge in [0.25, 0.3) is 0 Å². The van der Waals surface area contributed by atoms with E-state index >= 15 is 0 Å². The summed E-state index contributed by atoms with van der Waals surface area (Å²) in [7, 11) is 0. The van der Waals surface area contributed by atoms with Gasteiger partial charge < -0.3 is 10.2 Å². The Morgan fingerprint density at radius 3 is 2.45 bits per heavy atom. The number of anilines is 3. The molecule has 0 aliphatic carbocycles. The highest BCUT2D eigenvalue weighted by atomic mass is 19.1. The van der Waals surface area contributed by atoms with E-state index in [2.05, 4.69) is 51.4 Å². The molecule has 2 atom stereocenters. The lowest BCUT2D eigenvalue weighted by Crippen LogP contribution is -2.68. The number of piperazine rings is 1. The van der Waals surface area contributed by atoms with Crippen LogP contribution < -0.4 is 10.2 Å². The van der Waals surface area contributed by atoms with Crippen molar-refractivity contribution < 1.29 is 4.39 Å². The van der Waals surface area contributed by atoms with Crippen LogP contribution in [0.3, 0.4) is 0 Å². The third kappa shape index (κ3) is 4.77. The van der Waals surface area contributed by atoms with Crippen molar-refractivity contribution in [3.8, 4) is 17.2 Å². The van der Waals surface area contributed by atoms with Gasteiger partial charge in [-0.15, -0.1) is 0 Å². The van der Waals surface area contributed by atoms with Gasteiger partial charge in [0.1, 0.15) is 11.6 Å². The maximum atomic E-state index is 13.3. The second kappa shape index (κ2) is 9.79. The molecule has 3 aliphatic heterocycles. The van der Waals surface area contributed by atoms with Gasteiger partial charge in [0.05, 0.1) is 12.4 Å². The highest BCUT2D eigenvalue weighted by Gasteiger charge is 2.44. The summed E-state index contributed by atoms with van der Waals surface area (Å²) in [6.45, 7) is 6.61. The van der Waals surface area contributed by atoms with Crippen LogP contribution in [0.2, 0.25) is 0 Å². The average Bonchev–Trinajstić information content (AvgIpc) is 3.59. The Labute approximate surface area is 230 Å². The second-order valence-corrected chi connectivity index (χ2v) is 10.4. The van der Waals surface area contributed by atoms with Gasteiger partial charge >= 0.3 is 0 Å². The molecule has 2 N–H and O–H groups in total. The van der Waals surface area contributed by atoms with Crippen molar-refractivity contribution in [2.45, 2.75) is 38.9 Å². The summed E-state index contributed by atoms with van der Waals surface area (Å²) in [6, 6.07) is 12.8. The summed E-state index contributed by atoms with van der Waals surface area (Å²) in [4.78, 5) is 23.4. The maximum absolute atomic E-state index is 13.3. The van der Waals surface area contributed by atoms with Gasteiger partial charge in [0.15, 0.2) is 23.3 Å². The lowest BCUT2D eigenvalue weighted by atomic mass is 9.87. The highest BCUT2D eigenvalue weighted by Crippen LogP contribution is 2.35. The number of nitrogens with one attached hydrogen (secondary N) is 2.